The predicted octanol–water partition coefficient (Wildman–Crippen LogP) is 13.9. The molecule has 0 bridgehead atoms. The van der Waals surface area contributed by atoms with E-state index in [1.165, 1.54) is 96.3 Å². The second-order valence-electron chi connectivity index (χ2n) is 18.8. The van der Waals surface area contributed by atoms with Gasteiger partial charge in [0.1, 0.15) is 12.2 Å². The average molecular weight is 899 g/mol. The van der Waals surface area contributed by atoms with Crippen molar-refractivity contribution < 1.29 is 32.2 Å². The highest BCUT2D eigenvalue weighted by Crippen LogP contribution is 2.20. The van der Waals surface area contributed by atoms with Crippen molar-refractivity contribution in [3.63, 3.8) is 0 Å². The van der Waals surface area contributed by atoms with Crippen molar-refractivity contribution in [3.05, 3.63) is 0 Å². The maximum Gasteiger partial charge on any atom is 0.306 e. The zero-order valence-corrected chi connectivity index (χ0v) is 42.2. The third-order valence-electron chi connectivity index (χ3n) is 13.0. The molecule has 1 rings (SSSR count). The highest BCUT2D eigenvalue weighted by atomic mass is 32.2. The first kappa shape index (κ1) is 58.8. The van der Waals surface area contributed by atoms with Gasteiger partial charge in [0, 0.05) is 32.6 Å². The van der Waals surface area contributed by atoms with Gasteiger partial charge in [0.15, 0.2) is 0 Å². The van der Waals surface area contributed by atoms with Crippen LogP contribution >= 0.6 is 0 Å². The summed E-state index contributed by atoms with van der Waals surface area (Å²) in [5, 5.41) is -0.342. The summed E-state index contributed by atoms with van der Waals surface area (Å²) in [6.45, 7) is 13.3. The smallest absolute Gasteiger partial charge is 0.306 e. The number of nitrogens with zero attached hydrogens (tertiary/aromatic N) is 1. The predicted molar refractivity (Wildman–Crippen MR) is 261 cm³/mol. The summed E-state index contributed by atoms with van der Waals surface area (Å²) in [5.41, 5.74) is 0. The summed E-state index contributed by atoms with van der Waals surface area (Å²) in [6.07, 6.45) is 40.4. The van der Waals surface area contributed by atoms with E-state index in [4.69, 9.17) is 14.2 Å². The molecule has 1 fully saturated rings. The molecule has 1 saturated heterocycles. The van der Waals surface area contributed by atoms with E-state index in [0.29, 0.717) is 45.4 Å². The zero-order chi connectivity index (χ0) is 45.2. The molecule has 1 unspecified atom stereocenters. The van der Waals surface area contributed by atoms with E-state index in [9.17, 15) is 18.0 Å². The minimum Gasteiger partial charge on any atom is -0.462 e. The zero-order valence-electron chi connectivity index (χ0n) is 41.4. The van der Waals surface area contributed by atoms with Crippen LogP contribution in [0.2, 0.25) is 0 Å². The molecular formula is C52H102N2O7S. The molecule has 0 aliphatic carbocycles. The fourth-order valence-electron chi connectivity index (χ4n) is 8.78. The largest absolute Gasteiger partial charge is 0.462 e. The third kappa shape index (κ3) is 35.1. The van der Waals surface area contributed by atoms with Gasteiger partial charge in [-0.1, -0.05) is 163 Å². The van der Waals surface area contributed by atoms with Crippen molar-refractivity contribution in [3.8, 4) is 0 Å². The van der Waals surface area contributed by atoms with Crippen LogP contribution in [0.5, 0.6) is 0 Å². The van der Waals surface area contributed by atoms with Crippen LogP contribution in [0.1, 0.15) is 265 Å². The van der Waals surface area contributed by atoms with Gasteiger partial charge in [-0.25, -0.2) is 13.1 Å². The van der Waals surface area contributed by atoms with E-state index in [2.05, 4.69) is 37.3 Å². The molecule has 0 aromatic carbocycles. The highest BCUT2D eigenvalue weighted by Gasteiger charge is 2.27. The number of unbranched alkanes of at least 4 members (excludes halogenated alkanes) is 23. The van der Waals surface area contributed by atoms with Crippen LogP contribution in [0.25, 0.3) is 0 Å². The summed E-state index contributed by atoms with van der Waals surface area (Å²) >= 11 is 0. The lowest BCUT2D eigenvalue weighted by molar-refractivity contribution is -0.150. The summed E-state index contributed by atoms with van der Waals surface area (Å²) in [6, 6.07) is 0. The molecule has 0 amide bonds. The molecule has 1 aliphatic heterocycles. The SMILES string of the molecule is CCCCCCCCC(CC)OC(=O)CCCCCCCN(CCCCCCCC(=O)OC(CCCCCCCC)CCCCCCCC)CCCNS(=O)(=O)C1CCOCC1. The van der Waals surface area contributed by atoms with E-state index < -0.39 is 10.0 Å². The highest BCUT2D eigenvalue weighted by molar-refractivity contribution is 7.90. The Kier molecular flexibility index (Phi) is 40.2. The molecule has 1 atom stereocenters. The van der Waals surface area contributed by atoms with Gasteiger partial charge in [-0.05, 0) is 110 Å². The quantitative estimate of drug-likeness (QED) is 0.0475. The Bertz CT molecular complexity index is 1100. The number of nitrogens with one attached hydrogen (secondary N) is 1. The number of hydrogen-bond donors (Lipinski definition) is 1. The first-order valence-corrected chi connectivity index (χ1v) is 28.5. The lowest BCUT2D eigenvalue weighted by Gasteiger charge is -2.24. The second-order valence-corrected chi connectivity index (χ2v) is 20.8. The van der Waals surface area contributed by atoms with Crippen molar-refractivity contribution in [2.75, 3.05) is 39.4 Å². The Balaban J connectivity index is 2.42. The average Bonchev–Trinajstić information content (AvgIpc) is 3.27. The topological polar surface area (TPSA) is 111 Å². The lowest BCUT2D eigenvalue weighted by Crippen LogP contribution is -2.39. The van der Waals surface area contributed by atoms with Crippen LogP contribution < -0.4 is 4.72 Å². The standard InChI is InChI=1S/C52H102N2O7S/c1-5-9-12-15-20-27-35-48(8-4)60-51(55)38-30-23-18-25-32-43-54(45-34-42-53-62(57,58)50-40-46-59-47-41-50)44-33-26-19-24-31-39-52(56)61-49(36-28-21-16-13-10-6-2)37-29-22-17-14-11-7-3/h48-50,53H,5-47H2,1-4H3. The molecule has 0 aromatic rings. The molecule has 1 heterocycles. The van der Waals surface area contributed by atoms with E-state index in [0.717, 1.165) is 135 Å². The van der Waals surface area contributed by atoms with Crippen LogP contribution in [0.3, 0.4) is 0 Å². The Morgan fingerprint density at radius 3 is 1.34 bits per heavy atom. The second kappa shape index (κ2) is 42.4. The van der Waals surface area contributed by atoms with Crippen LogP contribution in [0.4, 0.5) is 0 Å². The van der Waals surface area contributed by atoms with E-state index in [-0.39, 0.29) is 29.4 Å². The Hall–Kier alpha value is -1.23. The fraction of sp³-hybridized carbons (Fsp3) is 0.962. The van der Waals surface area contributed by atoms with Gasteiger partial charge in [0.05, 0.1) is 5.25 Å². The number of sulfonamides is 1. The molecule has 62 heavy (non-hydrogen) atoms. The third-order valence-corrected chi connectivity index (χ3v) is 14.9. The summed E-state index contributed by atoms with van der Waals surface area (Å²) in [4.78, 5) is 27.9. The fourth-order valence-corrected chi connectivity index (χ4v) is 10.3. The van der Waals surface area contributed by atoms with Gasteiger partial charge in [0.25, 0.3) is 0 Å². The first-order valence-electron chi connectivity index (χ1n) is 26.9. The van der Waals surface area contributed by atoms with E-state index in [1.807, 2.05) is 0 Å². The normalized spacial score (nSPS) is 14.2. The minimum atomic E-state index is -3.31. The summed E-state index contributed by atoms with van der Waals surface area (Å²) < 4.78 is 45.8. The molecule has 0 spiro atoms. The molecule has 1 aliphatic rings. The molecule has 0 radical (unpaired) electrons. The Morgan fingerprint density at radius 1 is 0.516 bits per heavy atom. The molecule has 368 valence electrons. The summed E-state index contributed by atoms with van der Waals surface area (Å²) in [7, 11) is -3.31. The molecule has 9 nitrogen and oxygen atoms in total. The molecular weight excluding hydrogens is 797 g/mol. The number of hydrogen-bond acceptors (Lipinski definition) is 8. The summed E-state index contributed by atoms with van der Waals surface area (Å²) in [5.74, 6) is -0.0397. The Morgan fingerprint density at radius 2 is 0.887 bits per heavy atom. The number of ether oxygens (including phenoxy) is 3. The van der Waals surface area contributed by atoms with Crippen LogP contribution in [0.15, 0.2) is 0 Å². The van der Waals surface area contributed by atoms with Gasteiger partial charge in [-0.15, -0.1) is 0 Å². The van der Waals surface area contributed by atoms with E-state index in [1.54, 1.807) is 0 Å². The molecule has 0 aromatic heterocycles. The van der Waals surface area contributed by atoms with Gasteiger partial charge in [0.2, 0.25) is 10.0 Å². The monoisotopic (exact) mass is 899 g/mol. The molecule has 1 N–H and O–H groups in total. The number of esters is 2. The minimum absolute atomic E-state index is 0.00514. The number of carbonyl (C=O) groups is 2. The number of carbonyl (C=O) groups excluding carboxylic acids is 2. The molecule has 10 heteroatoms. The van der Waals surface area contributed by atoms with Crippen LogP contribution in [-0.4, -0.2) is 82.1 Å². The van der Waals surface area contributed by atoms with Crippen LogP contribution in [0, 0.1) is 0 Å². The maximum absolute atomic E-state index is 12.9. The van der Waals surface area contributed by atoms with Gasteiger partial charge in [-0.2, -0.15) is 0 Å². The van der Waals surface area contributed by atoms with Gasteiger partial charge >= 0.3 is 11.9 Å². The van der Waals surface area contributed by atoms with Crippen molar-refractivity contribution in [2.24, 2.45) is 0 Å². The maximum atomic E-state index is 12.9. The van der Waals surface area contributed by atoms with Crippen LogP contribution in [-0.2, 0) is 33.8 Å². The van der Waals surface area contributed by atoms with Gasteiger partial charge in [-0.3, -0.25) is 9.59 Å². The van der Waals surface area contributed by atoms with Crippen molar-refractivity contribution >= 4 is 22.0 Å². The Labute approximate surface area is 384 Å². The van der Waals surface area contributed by atoms with Crippen molar-refractivity contribution in [1.29, 1.82) is 0 Å². The van der Waals surface area contributed by atoms with Crippen molar-refractivity contribution in [1.82, 2.24) is 9.62 Å². The first-order chi connectivity index (χ1) is 30.2. The van der Waals surface area contributed by atoms with Crippen molar-refractivity contribution in [2.45, 2.75) is 283 Å². The number of rotatable bonds is 46. The lowest BCUT2D eigenvalue weighted by atomic mass is 10.0. The van der Waals surface area contributed by atoms with Gasteiger partial charge < -0.3 is 19.1 Å². The van der Waals surface area contributed by atoms with E-state index >= 15 is 0 Å². The molecule has 0 saturated carbocycles.